The van der Waals surface area contributed by atoms with Crippen LogP contribution in [0.4, 0.5) is 0 Å². The second-order valence-electron chi connectivity index (χ2n) is 5.60. The van der Waals surface area contributed by atoms with Crippen molar-refractivity contribution in [3.8, 4) is 0 Å². The largest absolute Gasteiger partial charge is 0.317 e. The first-order valence-corrected chi connectivity index (χ1v) is 7.71. The molecule has 0 spiro atoms. The summed E-state index contributed by atoms with van der Waals surface area (Å²) < 4.78 is 0. The lowest BCUT2D eigenvalue weighted by atomic mass is 9.98. The zero-order chi connectivity index (χ0) is 14.0. The Hall–Kier alpha value is -1.00. The normalized spacial score (nSPS) is 13.4. The predicted octanol–water partition coefficient (Wildman–Crippen LogP) is 3.48. The molecule has 2 rings (SSSR count). The molecule has 1 N–H and O–H groups in total. The van der Waals surface area contributed by atoms with Gasteiger partial charge in [0.25, 0.3) is 0 Å². The van der Waals surface area contributed by atoms with Gasteiger partial charge in [0.1, 0.15) is 11.2 Å². The molecule has 1 unspecified atom stereocenters. The van der Waals surface area contributed by atoms with Gasteiger partial charge in [-0.15, -0.1) is 11.3 Å². The van der Waals surface area contributed by atoms with E-state index in [4.69, 9.17) is 0 Å². The Morgan fingerprint density at radius 3 is 2.63 bits per heavy atom. The van der Waals surface area contributed by atoms with Gasteiger partial charge >= 0.3 is 0 Å². The van der Waals surface area contributed by atoms with Crippen LogP contribution < -0.4 is 5.32 Å². The molecule has 1 atom stereocenters. The average Bonchev–Trinajstić information content (AvgIpc) is 2.65. The number of fused-ring (bicyclic) bond motifs is 1. The highest BCUT2D eigenvalue weighted by Gasteiger charge is 2.16. The van der Waals surface area contributed by atoms with Gasteiger partial charge in [0.2, 0.25) is 0 Å². The van der Waals surface area contributed by atoms with Crippen molar-refractivity contribution in [2.24, 2.45) is 5.92 Å². The fourth-order valence-electron chi connectivity index (χ4n) is 2.52. The number of nitrogens with zero attached hydrogens (tertiary/aromatic N) is 2. The van der Waals surface area contributed by atoms with Crippen molar-refractivity contribution in [3.63, 3.8) is 0 Å². The Morgan fingerprint density at radius 2 is 2.00 bits per heavy atom. The van der Waals surface area contributed by atoms with Gasteiger partial charge in [0.15, 0.2) is 0 Å². The SMILES string of the molecule is CNC(Cc1ncnc2sc(C)c(C)c12)CC(C)C. The Labute approximate surface area is 119 Å². The van der Waals surface area contributed by atoms with Crippen LogP contribution in [0.25, 0.3) is 10.2 Å². The van der Waals surface area contributed by atoms with Gasteiger partial charge in [0, 0.05) is 22.7 Å². The number of aryl methyl sites for hydroxylation is 2. The van der Waals surface area contributed by atoms with Gasteiger partial charge in [-0.25, -0.2) is 9.97 Å². The molecule has 4 heteroatoms. The lowest BCUT2D eigenvalue weighted by molar-refractivity contribution is 0.439. The maximum absolute atomic E-state index is 4.53. The van der Waals surface area contributed by atoms with E-state index in [9.17, 15) is 0 Å². The van der Waals surface area contributed by atoms with Crippen LogP contribution in [0.5, 0.6) is 0 Å². The molecule has 0 saturated carbocycles. The van der Waals surface area contributed by atoms with Crippen LogP contribution in [-0.4, -0.2) is 23.1 Å². The lowest BCUT2D eigenvalue weighted by Gasteiger charge is -2.18. The monoisotopic (exact) mass is 277 g/mol. The number of thiophene rings is 1. The predicted molar refractivity (Wildman–Crippen MR) is 82.9 cm³/mol. The summed E-state index contributed by atoms with van der Waals surface area (Å²) >= 11 is 1.77. The van der Waals surface area contributed by atoms with Gasteiger partial charge in [-0.3, -0.25) is 0 Å². The summed E-state index contributed by atoms with van der Waals surface area (Å²) in [6.07, 6.45) is 3.85. The molecule has 3 nitrogen and oxygen atoms in total. The first kappa shape index (κ1) is 14.4. The van der Waals surface area contributed by atoms with E-state index in [1.54, 1.807) is 17.7 Å². The fourth-order valence-corrected chi connectivity index (χ4v) is 3.53. The van der Waals surface area contributed by atoms with Crippen LogP contribution in [0.3, 0.4) is 0 Å². The minimum atomic E-state index is 0.484. The summed E-state index contributed by atoms with van der Waals surface area (Å²) in [5.41, 5.74) is 2.53. The third-order valence-electron chi connectivity index (χ3n) is 3.65. The van der Waals surface area contributed by atoms with E-state index in [1.165, 1.54) is 27.9 Å². The number of hydrogen-bond donors (Lipinski definition) is 1. The summed E-state index contributed by atoms with van der Waals surface area (Å²) in [5.74, 6) is 0.695. The minimum Gasteiger partial charge on any atom is -0.317 e. The summed E-state index contributed by atoms with van der Waals surface area (Å²) in [5, 5.41) is 4.69. The molecule has 0 amide bonds. The Morgan fingerprint density at radius 1 is 1.26 bits per heavy atom. The van der Waals surface area contributed by atoms with Crippen LogP contribution >= 0.6 is 11.3 Å². The molecule has 2 heterocycles. The topological polar surface area (TPSA) is 37.8 Å². The summed E-state index contributed by atoms with van der Waals surface area (Å²) in [7, 11) is 2.04. The molecule has 19 heavy (non-hydrogen) atoms. The van der Waals surface area contributed by atoms with Crippen LogP contribution in [0.2, 0.25) is 0 Å². The van der Waals surface area contributed by atoms with E-state index < -0.39 is 0 Å². The average molecular weight is 277 g/mol. The smallest absolute Gasteiger partial charge is 0.127 e. The van der Waals surface area contributed by atoms with E-state index >= 15 is 0 Å². The van der Waals surface area contributed by atoms with Crippen molar-refractivity contribution in [2.75, 3.05) is 7.05 Å². The second-order valence-corrected chi connectivity index (χ2v) is 6.81. The molecule has 0 saturated heterocycles. The van der Waals surface area contributed by atoms with E-state index in [1.807, 2.05) is 7.05 Å². The molecule has 0 aliphatic heterocycles. The molecule has 0 aromatic carbocycles. The Kier molecular flexibility index (Phi) is 4.53. The van der Waals surface area contributed by atoms with E-state index in [-0.39, 0.29) is 0 Å². The highest BCUT2D eigenvalue weighted by Crippen LogP contribution is 2.30. The zero-order valence-electron chi connectivity index (χ0n) is 12.4. The quantitative estimate of drug-likeness (QED) is 0.909. The van der Waals surface area contributed by atoms with Gasteiger partial charge in [-0.1, -0.05) is 13.8 Å². The van der Waals surface area contributed by atoms with Crippen molar-refractivity contribution in [1.82, 2.24) is 15.3 Å². The van der Waals surface area contributed by atoms with Gasteiger partial charge in [-0.2, -0.15) is 0 Å². The standard InChI is InChI=1S/C15H23N3S/c1-9(2)6-12(16-5)7-13-14-10(3)11(4)19-15(14)18-8-17-13/h8-9,12,16H,6-7H2,1-5H3. The van der Waals surface area contributed by atoms with E-state index in [2.05, 4.69) is 43.0 Å². The third kappa shape index (κ3) is 3.12. The molecule has 0 bridgehead atoms. The highest BCUT2D eigenvalue weighted by molar-refractivity contribution is 7.18. The summed E-state index contributed by atoms with van der Waals surface area (Å²) in [4.78, 5) is 11.4. The summed E-state index contributed by atoms with van der Waals surface area (Å²) in [6, 6.07) is 0.484. The van der Waals surface area contributed by atoms with Crippen LogP contribution in [0.15, 0.2) is 6.33 Å². The highest BCUT2D eigenvalue weighted by atomic mass is 32.1. The second kappa shape index (κ2) is 5.97. The lowest BCUT2D eigenvalue weighted by Crippen LogP contribution is -2.29. The van der Waals surface area contributed by atoms with Crippen LogP contribution in [0.1, 0.15) is 36.4 Å². The molecule has 0 radical (unpaired) electrons. The van der Waals surface area contributed by atoms with Gasteiger partial charge in [0.05, 0.1) is 5.69 Å². The van der Waals surface area contributed by atoms with Gasteiger partial charge < -0.3 is 5.32 Å². The number of nitrogens with one attached hydrogen (secondary N) is 1. The van der Waals surface area contributed by atoms with Crippen LogP contribution in [0, 0.1) is 19.8 Å². The Bertz CT molecular complexity index is 560. The molecular weight excluding hydrogens is 254 g/mol. The van der Waals surface area contributed by atoms with Crippen molar-refractivity contribution in [2.45, 2.75) is 46.6 Å². The molecule has 2 aromatic rings. The van der Waals surface area contributed by atoms with Crippen molar-refractivity contribution in [1.29, 1.82) is 0 Å². The number of hydrogen-bond acceptors (Lipinski definition) is 4. The molecule has 0 aliphatic rings. The zero-order valence-corrected chi connectivity index (χ0v) is 13.3. The maximum atomic E-state index is 4.53. The molecule has 0 fully saturated rings. The van der Waals surface area contributed by atoms with Crippen LogP contribution in [-0.2, 0) is 6.42 Å². The number of aromatic nitrogens is 2. The Balaban J connectivity index is 2.34. The third-order valence-corrected chi connectivity index (χ3v) is 4.76. The molecule has 104 valence electrons. The number of likely N-dealkylation sites (N-methyl/N-ethyl adjacent to an activating group) is 1. The van der Waals surface area contributed by atoms with Crippen molar-refractivity contribution < 1.29 is 0 Å². The first-order valence-electron chi connectivity index (χ1n) is 6.89. The summed E-state index contributed by atoms with van der Waals surface area (Å²) in [6.45, 7) is 8.87. The molecule has 0 aliphatic carbocycles. The fraction of sp³-hybridized carbons (Fsp3) is 0.600. The molecular formula is C15H23N3S. The minimum absolute atomic E-state index is 0.484. The van der Waals surface area contributed by atoms with E-state index in [0.717, 1.165) is 11.3 Å². The van der Waals surface area contributed by atoms with Crippen molar-refractivity contribution in [3.05, 3.63) is 22.5 Å². The number of rotatable bonds is 5. The first-order chi connectivity index (χ1) is 9.02. The van der Waals surface area contributed by atoms with E-state index in [0.29, 0.717) is 12.0 Å². The van der Waals surface area contributed by atoms with Crippen molar-refractivity contribution >= 4 is 21.6 Å². The molecule has 2 aromatic heterocycles. The maximum Gasteiger partial charge on any atom is 0.127 e. The van der Waals surface area contributed by atoms with Gasteiger partial charge in [-0.05, 0) is 38.8 Å².